The summed E-state index contributed by atoms with van der Waals surface area (Å²) in [7, 11) is 0. The van der Waals surface area contributed by atoms with Crippen LogP contribution in [0.4, 0.5) is 0 Å². The van der Waals surface area contributed by atoms with Gasteiger partial charge in [-0.3, -0.25) is 4.98 Å². The first-order valence-electron chi connectivity index (χ1n) is 7.67. The summed E-state index contributed by atoms with van der Waals surface area (Å²) < 4.78 is 0. The summed E-state index contributed by atoms with van der Waals surface area (Å²) in [6.07, 6.45) is 12.0. The number of rotatable bonds is 2. The van der Waals surface area contributed by atoms with E-state index in [2.05, 4.69) is 52.8 Å². The van der Waals surface area contributed by atoms with Crippen molar-refractivity contribution in [2.24, 2.45) is 0 Å². The monoisotopic (exact) mass is 296 g/mol. The lowest BCUT2D eigenvalue weighted by Crippen LogP contribution is -2.03. The second-order valence-corrected chi connectivity index (χ2v) is 5.39. The largest absolute Gasteiger partial charge is 0.361 e. The minimum atomic E-state index is 1.02. The summed E-state index contributed by atoms with van der Waals surface area (Å²) >= 11 is 0. The molecule has 0 amide bonds. The van der Waals surface area contributed by atoms with Crippen LogP contribution in [0.15, 0.2) is 91.3 Å². The first-order chi connectivity index (χ1) is 11.4. The van der Waals surface area contributed by atoms with Gasteiger partial charge in [0.25, 0.3) is 0 Å². The minimum absolute atomic E-state index is 1.02. The van der Waals surface area contributed by atoms with Gasteiger partial charge in [-0.25, -0.2) is 0 Å². The minimum Gasteiger partial charge on any atom is -0.361 e. The van der Waals surface area contributed by atoms with E-state index in [0.717, 1.165) is 22.3 Å². The van der Waals surface area contributed by atoms with Crippen LogP contribution in [0, 0.1) is 0 Å². The first-order valence-corrected chi connectivity index (χ1v) is 7.67. The van der Waals surface area contributed by atoms with E-state index in [4.69, 9.17) is 0 Å². The topological polar surface area (TPSA) is 24.9 Å². The van der Waals surface area contributed by atoms with Crippen LogP contribution in [0.1, 0.15) is 5.56 Å². The maximum absolute atomic E-state index is 4.61. The standard InChI is InChI=1S/C21H16N2/c1-3-8-16(9-4-1)21-19-11-7-10-18(17(19)13-15-23-21)20-12-5-2-6-14-22-20/h1-15,22H. The number of hydrogen-bond acceptors (Lipinski definition) is 2. The molecule has 1 aliphatic rings. The number of allylic oxidation sites excluding steroid dienone is 4. The molecule has 2 aromatic carbocycles. The zero-order valence-corrected chi connectivity index (χ0v) is 12.6. The average molecular weight is 296 g/mol. The van der Waals surface area contributed by atoms with Crippen LogP contribution in [0.25, 0.3) is 27.7 Å². The Morgan fingerprint density at radius 1 is 0.739 bits per heavy atom. The summed E-state index contributed by atoms with van der Waals surface area (Å²) in [5.41, 5.74) is 4.42. The van der Waals surface area contributed by atoms with Crippen molar-refractivity contribution in [2.45, 2.75) is 0 Å². The van der Waals surface area contributed by atoms with Crippen LogP contribution >= 0.6 is 0 Å². The van der Waals surface area contributed by atoms with Gasteiger partial charge in [0, 0.05) is 34.6 Å². The van der Waals surface area contributed by atoms with E-state index in [0.29, 0.717) is 0 Å². The van der Waals surface area contributed by atoms with Gasteiger partial charge in [-0.15, -0.1) is 0 Å². The summed E-state index contributed by atoms with van der Waals surface area (Å²) in [6.45, 7) is 0. The maximum atomic E-state index is 4.61. The van der Waals surface area contributed by atoms with Crippen molar-refractivity contribution in [3.63, 3.8) is 0 Å². The highest BCUT2D eigenvalue weighted by Crippen LogP contribution is 2.30. The van der Waals surface area contributed by atoms with Crippen molar-refractivity contribution in [1.29, 1.82) is 0 Å². The molecule has 0 aliphatic carbocycles. The van der Waals surface area contributed by atoms with E-state index < -0.39 is 0 Å². The predicted molar refractivity (Wildman–Crippen MR) is 96.6 cm³/mol. The molecular weight excluding hydrogens is 280 g/mol. The van der Waals surface area contributed by atoms with Crippen LogP contribution in [-0.2, 0) is 0 Å². The average Bonchev–Trinajstić information content (AvgIpc) is 2.91. The van der Waals surface area contributed by atoms with Gasteiger partial charge in [0.15, 0.2) is 0 Å². The van der Waals surface area contributed by atoms with E-state index in [9.17, 15) is 0 Å². The molecule has 3 aromatic rings. The van der Waals surface area contributed by atoms with Crippen LogP contribution in [0.5, 0.6) is 0 Å². The SMILES string of the molecule is C1=CC=C(c2cccc3c(-c4ccccc4)nccc23)NC=C1. The number of fused-ring (bicyclic) bond motifs is 1. The molecule has 1 aromatic heterocycles. The summed E-state index contributed by atoms with van der Waals surface area (Å²) in [5, 5.41) is 5.71. The molecule has 0 fully saturated rings. The smallest absolute Gasteiger partial charge is 0.0780 e. The Hall–Kier alpha value is -3.13. The van der Waals surface area contributed by atoms with Gasteiger partial charge in [-0.1, -0.05) is 60.7 Å². The van der Waals surface area contributed by atoms with Crippen LogP contribution in [-0.4, -0.2) is 4.98 Å². The molecule has 0 spiro atoms. The van der Waals surface area contributed by atoms with Crippen LogP contribution in [0.2, 0.25) is 0 Å². The highest BCUT2D eigenvalue weighted by Gasteiger charge is 2.10. The molecule has 0 saturated heterocycles. The van der Waals surface area contributed by atoms with Gasteiger partial charge in [0.2, 0.25) is 0 Å². The summed E-state index contributed by atoms with van der Waals surface area (Å²) in [5.74, 6) is 0. The lowest BCUT2D eigenvalue weighted by molar-refractivity contribution is 1.23. The molecule has 2 heteroatoms. The van der Waals surface area contributed by atoms with E-state index >= 15 is 0 Å². The molecule has 1 aliphatic heterocycles. The summed E-state index contributed by atoms with van der Waals surface area (Å²) in [6, 6.07) is 18.8. The number of aromatic nitrogens is 1. The van der Waals surface area contributed by atoms with E-state index in [-0.39, 0.29) is 0 Å². The van der Waals surface area contributed by atoms with Gasteiger partial charge in [0.05, 0.1) is 5.69 Å². The molecule has 4 rings (SSSR count). The second-order valence-electron chi connectivity index (χ2n) is 5.39. The Balaban J connectivity index is 1.94. The Kier molecular flexibility index (Phi) is 3.49. The molecule has 1 N–H and O–H groups in total. The van der Waals surface area contributed by atoms with Gasteiger partial charge >= 0.3 is 0 Å². The molecule has 23 heavy (non-hydrogen) atoms. The Morgan fingerprint density at radius 2 is 1.65 bits per heavy atom. The molecule has 0 atom stereocenters. The van der Waals surface area contributed by atoms with Crippen molar-refractivity contribution in [2.75, 3.05) is 0 Å². The maximum Gasteiger partial charge on any atom is 0.0780 e. The lowest BCUT2D eigenvalue weighted by Gasteiger charge is -2.12. The third kappa shape index (κ3) is 2.55. The fraction of sp³-hybridized carbons (Fsp3) is 0. The highest BCUT2D eigenvalue weighted by molar-refractivity contribution is 6.00. The number of benzene rings is 2. The second kappa shape index (κ2) is 5.93. The van der Waals surface area contributed by atoms with Gasteiger partial charge in [-0.05, 0) is 23.6 Å². The normalized spacial score (nSPS) is 13.5. The zero-order valence-electron chi connectivity index (χ0n) is 12.6. The highest BCUT2D eigenvalue weighted by atomic mass is 14.8. The van der Waals surface area contributed by atoms with Gasteiger partial charge in [-0.2, -0.15) is 0 Å². The van der Waals surface area contributed by atoms with Crippen LogP contribution in [0.3, 0.4) is 0 Å². The third-order valence-electron chi connectivity index (χ3n) is 3.96. The molecule has 0 unspecified atom stereocenters. The summed E-state index contributed by atoms with van der Waals surface area (Å²) in [4.78, 5) is 4.61. The van der Waals surface area contributed by atoms with Crippen LogP contribution < -0.4 is 5.32 Å². The van der Waals surface area contributed by atoms with E-state index in [1.807, 2.05) is 48.8 Å². The molecular formula is C21H16N2. The van der Waals surface area contributed by atoms with Crippen molar-refractivity contribution in [3.8, 4) is 11.3 Å². The van der Waals surface area contributed by atoms with Crippen molar-refractivity contribution in [1.82, 2.24) is 10.3 Å². The Bertz CT molecular complexity index is 934. The molecule has 0 bridgehead atoms. The van der Waals surface area contributed by atoms with E-state index in [1.165, 1.54) is 10.9 Å². The fourth-order valence-corrected chi connectivity index (χ4v) is 2.89. The Morgan fingerprint density at radius 3 is 2.57 bits per heavy atom. The quantitative estimate of drug-likeness (QED) is 0.726. The molecule has 0 saturated carbocycles. The first kappa shape index (κ1) is 13.5. The van der Waals surface area contributed by atoms with Gasteiger partial charge in [0.1, 0.15) is 0 Å². The zero-order chi connectivity index (χ0) is 15.5. The van der Waals surface area contributed by atoms with Gasteiger partial charge < -0.3 is 5.32 Å². The molecule has 0 radical (unpaired) electrons. The number of nitrogens with zero attached hydrogens (tertiary/aromatic N) is 1. The fourth-order valence-electron chi connectivity index (χ4n) is 2.89. The van der Waals surface area contributed by atoms with Crippen molar-refractivity contribution < 1.29 is 0 Å². The molecule has 2 nitrogen and oxygen atoms in total. The lowest BCUT2D eigenvalue weighted by atomic mass is 9.98. The molecule has 2 heterocycles. The number of hydrogen-bond donors (Lipinski definition) is 1. The number of pyridine rings is 1. The van der Waals surface area contributed by atoms with Crippen molar-refractivity contribution in [3.05, 3.63) is 96.9 Å². The Labute approximate surface area is 135 Å². The third-order valence-corrected chi connectivity index (χ3v) is 3.96. The molecule has 110 valence electrons. The van der Waals surface area contributed by atoms with Crippen molar-refractivity contribution >= 4 is 16.5 Å². The van der Waals surface area contributed by atoms with E-state index in [1.54, 1.807) is 0 Å². The number of nitrogens with one attached hydrogen (secondary N) is 1. The predicted octanol–water partition coefficient (Wildman–Crippen LogP) is 4.92.